The molecule has 0 atom stereocenters. The first-order valence-electron chi connectivity index (χ1n) is 9.77. The molecular formula is C28H19N. The van der Waals surface area contributed by atoms with Crippen LogP contribution in [0.25, 0.3) is 43.8 Å². The van der Waals surface area contributed by atoms with Crippen LogP contribution in [0.2, 0.25) is 0 Å². The largest absolute Gasteiger partial charge is 0.192 e. The number of benzene rings is 5. The fourth-order valence-electron chi connectivity index (χ4n) is 4.26. The summed E-state index contributed by atoms with van der Waals surface area (Å²) in [6.07, 6.45) is 0. The van der Waals surface area contributed by atoms with Crippen LogP contribution in [0.4, 0.5) is 0 Å². The van der Waals surface area contributed by atoms with E-state index < -0.39 is 0 Å². The lowest BCUT2D eigenvalue weighted by Crippen LogP contribution is -1.90. The minimum absolute atomic E-state index is 0.684. The monoisotopic (exact) mass is 369 g/mol. The molecule has 0 aromatic heterocycles. The Morgan fingerprint density at radius 2 is 0.966 bits per heavy atom. The van der Waals surface area contributed by atoms with Crippen molar-refractivity contribution >= 4 is 21.5 Å². The van der Waals surface area contributed by atoms with E-state index in [-0.39, 0.29) is 0 Å². The SMILES string of the molecule is Cc1c(-c2ccc(-c3ccc(C#N)cc3)cc2)c2ccccc2c2ccccc12. The first-order valence-corrected chi connectivity index (χ1v) is 9.77. The van der Waals surface area contributed by atoms with Gasteiger partial charge in [0.2, 0.25) is 0 Å². The summed E-state index contributed by atoms with van der Waals surface area (Å²) in [5, 5.41) is 14.2. The molecule has 0 N–H and O–H groups in total. The Balaban J connectivity index is 1.69. The van der Waals surface area contributed by atoms with Crippen molar-refractivity contribution in [1.29, 1.82) is 5.26 Å². The summed E-state index contributed by atoms with van der Waals surface area (Å²) in [4.78, 5) is 0. The molecule has 1 nitrogen and oxygen atoms in total. The highest BCUT2D eigenvalue weighted by Crippen LogP contribution is 2.39. The number of hydrogen-bond acceptors (Lipinski definition) is 1. The Morgan fingerprint density at radius 3 is 1.55 bits per heavy atom. The van der Waals surface area contributed by atoms with Crippen molar-refractivity contribution in [1.82, 2.24) is 0 Å². The topological polar surface area (TPSA) is 23.8 Å². The predicted octanol–water partition coefficient (Wildman–Crippen LogP) is 7.51. The van der Waals surface area contributed by atoms with Gasteiger partial charge in [-0.25, -0.2) is 0 Å². The summed E-state index contributed by atoms with van der Waals surface area (Å²) in [6.45, 7) is 2.22. The normalized spacial score (nSPS) is 10.9. The average molecular weight is 369 g/mol. The van der Waals surface area contributed by atoms with Crippen molar-refractivity contribution in [2.45, 2.75) is 6.92 Å². The van der Waals surface area contributed by atoms with Gasteiger partial charge < -0.3 is 0 Å². The molecule has 0 aliphatic heterocycles. The third-order valence-electron chi connectivity index (χ3n) is 5.71. The van der Waals surface area contributed by atoms with Crippen LogP contribution in [0, 0.1) is 18.3 Å². The summed E-state index contributed by atoms with van der Waals surface area (Å²) in [5.41, 5.74) is 6.79. The van der Waals surface area contributed by atoms with Gasteiger partial charge in [-0.05, 0) is 68.4 Å². The van der Waals surface area contributed by atoms with Gasteiger partial charge in [-0.15, -0.1) is 0 Å². The minimum Gasteiger partial charge on any atom is -0.192 e. The highest BCUT2D eigenvalue weighted by atomic mass is 14.2. The molecule has 0 spiro atoms. The fraction of sp³-hybridized carbons (Fsp3) is 0.0357. The summed E-state index contributed by atoms with van der Waals surface area (Å²) in [6, 6.07) is 36.0. The van der Waals surface area contributed by atoms with Gasteiger partial charge >= 0.3 is 0 Å². The van der Waals surface area contributed by atoms with Crippen molar-refractivity contribution in [2.24, 2.45) is 0 Å². The molecule has 0 fully saturated rings. The highest BCUT2D eigenvalue weighted by molar-refractivity contribution is 6.15. The molecule has 5 aromatic carbocycles. The molecular weight excluding hydrogens is 350 g/mol. The van der Waals surface area contributed by atoms with Gasteiger partial charge in [0.05, 0.1) is 11.6 Å². The van der Waals surface area contributed by atoms with Crippen molar-refractivity contribution < 1.29 is 0 Å². The van der Waals surface area contributed by atoms with Crippen LogP contribution in [0.1, 0.15) is 11.1 Å². The Hall–Kier alpha value is -3.89. The molecule has 0 saturated carbocycles. The van der Waals surface area contributed by atoms with Gasteiger partial charge in [0.1, 0.15) is 0 Å². The Morgan fingerprint density at radius 1 is 0.517 bits per heavy atom. The molecule has 0 radical (unpaired) electrons. The van der Waals surface area contributed by atoms with Gasteiger partial charge in [-0.1, -0.05) is 84.9 Å². The number of nitrogens with zero attached hydrogens (tertiary/aromatic N) is 1. The number of rotatable bonds is 2. The zero-order valence-electron chi connectivity index (χ0n) is 16.2. The molecule has 5 rings (SSSR count). The van der Waals surface area contributed by atoms with Gasteiger partial charge in [-0.3, -0.25) is 0 Å². The molecule has 0 heterocycles. The second kappa shape index (κ2) is 6.93. The van der Waals surface area contributed by atoms with Gasteiger partial charge in [0.25, 0.3) is 0 Å². The van der Waals surface area contributed by atoms with E-state index in [0.29, 0.717) is 5.56 Å². The van der Waals surface area contributed by atoms with E-state index in [1.807, 2.05) is 24.3 Å². The van der Waals surface area contributed by atoms with Crippen molar-refractivity contribution in [3.63, 3.8) is 0 Å². The summed E-state index contributed by atoms with van der Waals surface area (Å²) >= 11 is 0. The molecule has 0 aliphatic carbocycles. The highest BCUT2D eigenvalue weighted by Gasteiger charge is 2.12. The van der Waals surface area contributed by atoms with Crippen molar-refractivity contribution in [3.8, 4) is 28.3 Å². The quantitative estimate of drug-likeness (QED) is 0.295. The number of fused-ring (bicyclic) bond motifs is 3. The van der Waals surface area contributed by atoms with Crippen LogP contribution < -0.4 is 0 Å². The van der Waals surface area contributed by atoms with E-state index in [1.165, 1.54) is 38.2 Å². The second-order valence-corrected chi connectivity index (χ2v) is 7.36. The summed E-state index contributed by atoms with van der Waals surface area (Å²) in [7, 11) is 0. The maximum atomic E-state index is 9.00. The molecule has 0 bridgehead atoms. The number of hydrogen-bond donors (Lipinski definition) is 0. The lowest BCUT2D eigenvalue weighted by atomic mass is 9.88. The molecule has 0 aliphatic rings. The number of nitriles is 1. The van der Waals surface area contributed by atoms with Crippen molar-refractivity contribution in [3.05, 3.63) is 108 Å². The van der Waals surface area contributed by atoms with E-state index in [2.05, 4.69) is 85.8 Å². The number of aryl methyl sites for hydroxylation is 1. The molecule has 29 heavy (non-hydrogen) atoms. The third kappa shape index (κ3) is 2.87. The molecule has 5 aromatic rings. The Kier molecular flexibility index (Phi) is 4.12. The van der Waals surface area contributed by atoms with Crippen LogP contribution in [0.15, 0.2) is 97.1 Å². The van der Waals surface area contributed by atoms with E-state index >= 15 is 0 Å². The van der Waals surface area contributed by atoms with Crippen LogP contribution in [0.5, 0.6) is 0 Å². The van der Waals surface area contributed by atoms with Gasteiger partial charge in [-0.2, -0.15) is 5.26 Å². The third-order valence-corrected chi connectivity index (χ3v) is 5.71. The minimum atomic E-state index is 0.684. The van der Waals surface area contributed by atoms with Gasteiger partial charge in [0.15, 0.2) is 0 Å². The first-order chi connectivity index (χ1) is 14.3. The van der Waals surface area contributed by atoms with E-state index in [0.717, 1.165) is 11.1 Å². The van der Waals surface area contributed by atoms with Crippen molar-refractivity contribution in [2.75, 3.05) is 0 Å². The second-order valence-electron chi connectivity index (χ2n) is 7.36. The van der Waals surface area contributed by atoms with Crippen LogP contribution >= 0.6 is 0 Å². The molecule has 1 heteroatoms. The zero-order valence-corrected chi connectivity index (χ0v) is 16.2. The molecule has 0 saturated heterocycles. The maximum Gasteiger partial charge on any atom is 0.0991 e. The standard InChI is InChI=1S/C28H19N/c1-19-24-6-2-3-7-25(24)26-8-4-5-9-27(26)28(19)23-16-14-22(15-17-23)21-12-10-20(18-29)11-13-21/h2-17H,1H3. The predicted molar refractivity (Wildman–Crippen MR) is 122 cm³/mol. The van der Waals surface area contributed by atoms with Crippen LogP contribution in [0.3, 0.4) is 0 Å². The fourth-order valence-corrected chi connectivity index (χ4v) is 4.26. The molecule has 136 valence electrons. The van der Waals surface area contributed by atoms with Crippen LogP contribution in [-0.4, -0.2) is 0 Å². The smallest absolute Gasteiger partial charge is 0.0991 e. The van der Waals surface area contributed by atoms with E-state index in [9.17, 15) is 0 Å². The molecule has 0 amide bonds. The van der Waals surface area contributed by atoms with E-state index in [4.69, 9.17) is 5.26 Å². The lowest BCUT2D eigenvalue weighted by molar-refractivity contribution is 1.48. The molecule has 0 unspecified atom stereocenters. The Bertz CT molecular complexity index is 1390. The van der Waals surface area contributed by atoms with E-state index in [1.54, 1.807) is 0 Å². The Labute approximate surface area is 170 Å². The summed E-state index contributed by atoms with van der Waals surface area (Å²) in [5.74, 6) is 0. The first kappa shape index (κ1) is 17.2. The summed E-state index contributed by atoms with van der Waals surface area (Å²) < 4.78 is 0. The van der Waals surface area contributed by atoms with Gasteiger partial charge in [0, 0.05) is 0 Å². The zero-order chi connectivity index (χ0) is 19.8. The van der Waals surface area contributed by atoms with Crippen LogP contribution in [-0.2, 0) is 0 Å². The average Bonchev–Trinajstić information content (AvgIpc) is 2.80. The lowest BCUT2D eigenvalue weighted by Gasteiger charge is -2.15. The maximum absolute atomic E-state index is 9.00.